The Hall–Kier alpha value is -0.0500. The van der Waals surface area contributed by atoms with Gasteiger partial charge in [-0.1, -0.05) is 19.8 Å². The molecule has 0 bridgehead atoms. The van der Waals surface area contributed by atoms with Crippen LogP contribution in [-0.2, 0) is 9.84 Å². The molecule has 1 aliphatic rings. The van der Waals surface area contributed by atoms with Crippen molar-refractivity contribution >= 4 is 39.8 Å². The van der Waals surface area contributed by atoms with Crippen LogP contribution in [0.25, 0.3) is 0 Å². The number of nitrogens with one attached hydrogen (secondary N) is 2. The maximum atomic E-state index is 12.2. The van der Waals surface area contributed by atoms with E-state index in [1.165, 1.54) is 38.5 Å². The second-order valence-corrected chi connectivity index (χ2v) is 10.7. The van der Waals surface area contributed by atoms with Crippen LogP contribution in [-0.4, -0.2) is 44.0 Å². The molecule has 2 N–H and O–H groups in total. The Morgan fingerprint density at radius 3 is 2.20 bits per heavy atom. The first-order valence-electron chi connectivity index (χ1n) is 9.46. The van der Waals surface area contributed by atoms with E-state index in [1.807, 2.05) is 6.92 Å². The fraction of sp³-hybridized carbons (Fsp3) is 0.944. The van der Waals surface area contributed by atoms with Crippen LogP contribution in [0.4, 0.5) is 0 Å². The predicted octanol–water partition coefficient (Wildman–Crippen LogP) is 3.73. The number of nitrogens with zero attached hydrogens (tertiary/aromatic N) is 1. The fourth-order valence-corrected chi connectivity index (χ4v) is 4.04. The highest BCUT2D eigenvalue weighted by Crippen LogP contribution is 2.27. The highest BCUT2D eigenvalue weighted by atomic mass is 127. The molecule has 0 aromatic carbocycles. The van der Waals surface area contributed by atoms with E-state index >= 15 is 0 Å². The number of sulfone groups is 1. The zero-order valence-electron chi connectivity index (χ0n) is 16.6. The van der Waals surface area contributed by atoms with Crippen LogP contribution in [0, 0.1) is 5.92 Å². The smallest absolute Gasteiger partial charge is 0.191 e. The first-order chi connectivity index (χ1) is 11.2. The second-order valence-electron chi connectivity index (χ2n) is 7.84. The highest BCUT2D eigenvalue weighted by Gasteiger charge is 2.28. The monoisotopic (exact) mass is 487 g/mol. The average Bonchev–Trinajstić information content (AvgIpc) is 2.48. The van der Waals surface area contributed by atoms with E-state index in [1.54, 1.807) is 20.8 Å². The van der Waals surface area contributed by atoms with Crippen LogP contribution in [0.3, 0.4) is 0 Å². The van der Waals surface area contributed by atoms with Crippen LogP contribution in [0.5, 0.6) is 0 Å². The largest absolute Gasteiger partial charge is 0.357 e. The molecule has 0 spiro atoms. The van der Waals surface area contributed by atoms with Gasteiger partial charge in [-0.05, 0) is 59.3 Å². The van der Waals surface area contributed by atoms with E-state index < -0.39 is 14.6 Å². The molecule has 0 aliphatic heterocycles. The molecule has 0 unspecified atom stereocenters. The third-order valence-electron chi connectivity index (χ3n) is 4.79. The summed E-state index contributed by atoms with van der Waals surface area (Å²) in [6, 6.07) is 0.454. The van der Waals surface area contributed by atoms with Crippen LogP contribution < -0.4 is 10.6 Å². The molecule has 25 heavy (non-hydrogen) atoms. The summed E-state index contributed by atoms with van der Waals surface area (Å²) in [5, 5.41) is 6.72. The first-order valence-corrected chi connectivity index (χ1v) is 11.1. The van der Waals surface area contributed by atoms with Crippen molar-refractivity contribution in [2.75, 3.05) is 18.8 Å². The van der Waals surface area contributed by atoms with Crippen molar-refractivity contribution < 1.29 is 8.42 Å². The van der Waals surface area contributed by atoms with E-state index in [2.05, 4.69) is 22.5 Å². The molecule has 0 aromatic heterocycles. The van der Waals surface area contributed by atoms with Crippen LogP contribution in [0.2, 0.25) is 0 Å². The number of rotatable bonds is 7. The highest BCUT2D eigenvalue weighted by molar-refractivity contribution is 14.0. The molecule has 1 rings (SSSR count). The molecule has 0 aromatic rings. The van der Waals surface area contributed by atoms with E-state index in [0.29, 0.717) is 12.6 Å². The number of halogens is 1. The number of aliphatic imine (C=N–C) groups is 1. The van der Waals surface area contributed by atoms with Gasteiger partial charge in [0.25, 0.3) is 0 Å². The molecule has 150 valence electrons. The van der Waals surface area contributed by atoms with Crippen molar-refractivity contribution in [1.82, 2.24) is 10.6 Å². The maximum Gasteiger partial charge on any atom is 0.191 e. The van der Waals surface area contributed by atoms with Gasteiger partial charge in [0.05, 0.1) is 17.0 Å². The van der Waals surface area contributed by atoms with Crippen molar-refractivity contribution in [2.24, 2.45) is 10.9 Å². The van der Waals surface area contributed by atoms with Gasteiger partial charge in [-0.25, -0.2) is 8.42 Å². The Morgan fingerprint density at radius 1 is 1.12 bits per heavy atom. The third-order valence-corrected chi connectivity index (χ3v) is 7.38. The summed E-state index contributed by atoms with van der Waals surface area (Å²) in [6.45, 7) is 10.6. The predicted molar refractivity (Wildman–Crippen MR) is 119 cm³/mol. The number of hydrogen-bond donors (Lipinski definition) is 2. The SMILES string of the molecule is CCCC1CCC(NC(=NCCS(=O)(=O)C(C)(C)C)NCC)CC1.I. The van der Waals surface area contributed by atoms with Crippen LogP contribution in [0.15, 0.2) is 4.99 Å². The summed E-state index contributed by atoms with van der Waals surface area (Å²) < 4.78 is 23.6. The summed E-state index contributed by atoms with van der Waals surface area (Å²) in [6.07, 6.45) is 7.53. The third kappa shape index (κ3) is 8.93. The zero-order chi connectivity index (χ0) is 18.2. The van der Waals surface area contributed by atoms with Crippen molar-refractivity contribution in [3.8, 4) is 0 Å². The standard InChI is InChI=1S/C18H37N3O2S.HI/c1-6-8-15-9-11-16(12-10-15)21-17(19-7-2)20-13-14-24(22,23)18(3,4)5;/h15-16H,6-14H2,1-5H3,(H2,19,20,21);1H. The zero-order valence-corrected chi connectivity index (χ0v) is 19.7. The van der Waals surface area contributed by atoms with Gasteiger partial charge in [-0.2, -0.15) is 0 Å². The molecule has 0 heterocycles. The summed E-state index contributed by atoms with van der Waals surface area (Å²) in [5.41, 5.74) is 0. The van der Waals surface area contributed by atoms with Gasteiger partial charge in [-0.3, -0.25) is 4.99 Å². The van der Waals surface area contributed by atoms with Crippen molar-refractivity contribution in [1.29, 1.82) is 0 Å². The Labute approximate surface area is 172 Å². The molecule has 0 saturated heterocycles. The van der Waals surface area contributed by atoms with Crippen LogP contribution in [0.1, 0.15) is 73.1 Å². The lowest BCUT2D eigenvalue weighted by Crippen LogP contribution is -2.45. The Morgan fingerprint density at radius 2 is 1.72 bits per heavy atom. The molecule has 7 heteroatoms. The van der Waals surface area contributed by atoms with Gasteiger partial charge < -0.3 is 10.6 Å². The fourth-order valence-electron chi connectivity index (χ4n) is 3.10. The summed E-state index contributed by atoms with van der Waals surface area (Å²) in [7, 11) is -3.12. The molecular formula is C18H38IN3O2S. The lowest BCUT2D eigenvalue weighted by molar-refractivity contribution is 0.295. The lowest BCUT2D eigenvalue weighted by Gasteiger charge is -2.30. The van der Waals surface area contributed by atoms with Gasteiger partial charge in [0, 0.05) is 12.6 Å². The van der Waals surface area contributed by atoms with Crippen molar-refractivity contribution in [3.63, 3.8) is 0 Å². The van der Waals surface area contributed by atoms with Gasteiger partial charge in [0.1, 0.15) is 0 Å². The Bertz CT molecular complexity index is 493. The van der Waals surface area contributed by atoms with Crippen molar-refractivity contribution in [3.05, 3.63) is 0 Å². The number of guanidine groups is 1. The Balaban J connectivity index is 0.00000576. The molecule has 0 atom stereocenters. The molecule has 0 amide bonds. The normalized spacial score (nSPS) is 22.2. The van der Waals surface area contributed by atoms with E-state index in [4.69, 9.17) is 0 Å². The minimum atomic E-state index is -3.12. The van der Waals surface area contributed by atoms with Gasteiger partial charge in [-0.15, -0.1) is 24.0 Å². The quantitative estimate of drug-likeness (QED) is 0.326. The minimum absolute atomic E-state index is 0. The topological polar surface area (TPSA) is 70.6 Å². The van der Waals surface area contributed by atoms with Gasteiger partial charge in [0.2, 0.25) is 0 Å². The van der Waals surface area contributed by atoms with E-state index in [-0.39, 0.29) is 29.7 Å². The Kier molecular flexibility index (Phi) is 11.6. The van der Waals surface area contributed by atoms with Crippen molar-refractivity contribution in [2.45, 2.75) is 83.9 Å². The average molecular weight is 487 g/mol. The maximum absolute atomic E-state index is 12.2. The lowest BCUT2D eigenvalue weighted by atomic mass is 9.83. The molecule has 1 aliphatic carbocycles. The number of hydrogen-bond acceptors (Lipinski definition) is 3. The minimum Gasteiger partial charge on any atom is -0.357 e. The van der Waals surface area contributed by atoms with E-state index in [0.717, 1.165) is 18.4 Å². The van der Waals surface area contributed by atoms with Crippen LogP contribution >= 0.6 is 24.0 Å². The summed E-state index contributed by atoms with van der Waals surface area (Å²) in [5.74, 6) is 1.72. The molecule has 1 fully saturated rings. The van der Waals surface area contributed by atoms with Gasteiger partial charge >= 0.3 is 0 Å². The van der Waals surface area contributed by atoms with E-state index in [9.17, 15) is 8.42 Å². The molecule has 0 radical (unpaired) electrons. The first kappa shape index (κ1) is 24.9. The summed E-state index contributed by atoms with van der Waals surface area (Å²) in [4.78, 5) is 4.48. The summed E-state index contributed by atoms with van der Waals surface area (Å²) >= 11 is 0. The molecular weight excluding hydrogens is 449 g/mol. The van der Waals surface area contributed by atoms with Gasteiger partial charge in [0.15, 0.2) is 15.8 Å². The molecule has 5 nitrogen and oxygen atoms in total. The second kappa shape index (κ2) is 11.6. The molecule has 1 saturated carbocycles.